The number of esters is 1. The maximum Gasteiger partial charge on any atom is 0.306 e. The van der Waals surface area contributed by atoms with Gasteiger partial charge in [-0.05, 0) is 31.6 Å². The minimum absolute atomic E-state index is 0.195. The Morgan fingerprint density at radius 2 is 2.29 bits per heavy atom. The maximum atomic E-state index is 11.2. The molecule has 0 aromatic carbocycles. The van der Waals surface area contributed by atoms with Crippen LogP contribution in [-0.4, -0.2) is 23.3 Å². The van der Waals surface area contributed by atoms with Crippen molar-refractivity contribution in [3.05, 3.63) is 6.92 Å². The van der Waals surface area contributed by atoms with Gasteiger partial charge in [0.25, 0.3) is 0 Å². The minimum atomic E-state index is -0.521. The second-order valence-electron chi connectivity index (χ2n) is 4.02. The van der Waals surface area contributed by atoms with Crippen LogP contribution in [0.4, 0.5) is 0 Å². The lowest BCUT2D eigenvalue weighted by atomic mass is 9.86. The van der Waals surface area contributed by atoms with E-state index in [9.17, 15) is 9.90 Å². The molecule has 0 spiro atoms. The summed E-state index contributed by atoms with van der Waals surface area (Å²) in [6.45, 7) is 5.83. The summed E-state index contributed by atoms with van der Waals surface area (Å²) in [5.74, 6) is 0.102. The molecule has 0 aliphatic heterocycles. The summed E-state index contributed by atoms with van der Waals surface area (Å²) in [6.07, 6.45) is 2.73. The van der Waals surface area contributed by atoms with Gasteiger partial charge >= 0.3 is 5.97 Å². The predicted molar refractivity (Wildman–Crippen MR) is 53.5 cm³/mol. The van der Waals surface area contributed by atoms with E-state index in [4.69, 9.17) is 4.74 Å². The first-order valence-electron chi connectivity index (χ1n) is 5.34. The molecule has 1 aliphatic carbocycles. The average molecular weight is 199 g/mol. The lowest BCUT2D eigenvalue weighted by Crippen LogP contribution is -2.36. The highest BCUT2D eigenvalue weighted by atomic mass is 16.6. The van der Waals surface area contributed by atoms with Crippen molar-refractivity contribution >= 4 is 5.97 Å². The minimum Gasteiger partial charge on any atom is -0.460 e. The van der Waals surface area contributed by atoms with Crippen LogP contribution >= 0.6 is 0 Å². The van der Waals surface area contributed by atoms with Gasteiger partial charge in [0.2, 0.25) is 0 Å². The molecule has 14 heavy (non-hydrogen) atoms. The SMILES string of the molecule is [CH2]C1CCC(OC(=O)CCC)C(O)C1. The van der Waals surface area contributed by atoms with Gasteiger partial charge < -0.3 is 9.84 Å². The molecule has 3 nitrogen and oxygen atoms in total. The molecular formula is C11H19O3. The van der Waals surface area contributed by atoms with Crippen molar-refractivity contribution in [1.82, 2.24) is 0 Å². The molecule has 3 heteroatoms. The van der Waals surface area contributed by atoms with Crippen molar-refractivity contribution < 1.29 is 14.6 Å². The number of hydrogen-bond acceptors (Lipinski definition) is 3. The molecule has 0 amide bonds. The molecule has 0 aromatic rings. The van der Waals surface area contributed by atoms with Gasteiger partial charge in [-0.2, -0.15) is 0 Å². The molecule has 0 heterocycles. The Morgan fingerprint density at radius 1 is 1.57 bits per heavy atom. The third-order valence-electron chi connectivity index (χ3n) is 2.60. The monoisotopic (exact) mass is 199 g/mol. The molecule has 0 bridgehead atoms. The third-order valence-corrected chi connectivity index (χ3v) is 2.60. The van der Waals surface area contributed by atoms with Crippen LogP contribution in [0.5, 0.6) is 0 Å². The second kappa shape index (κ2) is 5.35. The number of hydrogen-bond donors (Lipinski definition) is 1. The Kier molecular flexibility index (Phi) is 4.39. The van der Waals surface area contributed by atoms with Crippen LogP contribution in [0.15, 0.2) is 0 Å². The van der Waals surface area contributed by atoms with Gasteiger partial charge in [0.05, 0.1) is 6.10 Å². The zero-order chi connectivity index (χ0) is 10.6. The molecule has 1 N–H and O–H groups in total. The molecule has 0 saturated heterocycles. The second-order valence-corrected chi connectivity index (χ2v) is 4.02. The standard InChI is InChI=1S/C11H19O3/c1-3-4-11(13)14-10-6-5-8(2)7-9(10)12/h8-10,12H,2-7H2,1H3. The zero-order valence-electron chi connectivity index (χ0n) is 8.74. The van der Waals surface area contributed by atoms with E-state index in [0.717, 1.165) is 19.3 Å². The molecule has 1 radical (unpaired) electrons. The highest BCUT2D eigenvalue weighted by molar-refractivity contribution is 5.69. The molecule has 0 aromatic heterocycles. The van der Waals surface area contributed by atoms with E-state index < -0.39 is 6.10 Å². The van der Waals surface area contributed by atoms with Crippen molar-refractivity contribution in [2.24, 2.45) is 5.92 Å². The number of aliphatic hydroxyl groups excluding tert-OH is 1. The Bertz CT molecular complexity index is 191. The fraction of sp³-hybridized carbons (Fsp3) is 0.818. The van der Waals surface area contributed by atoms with Crippen LogP contribution in [-0.2, 0) is 9.53 Å². The van der Waals surface area contributed by atoms with Crippen LogP contribution in [0, 0.1) is 12.8 Å². The van der Waals surface area contributed by atoms with Crippen molar-refractivity contribution in [2.75, 3.05) is 0 Å². The molecule has 1 saturated carbocycles. The van der Waals surface area contributed by atoms with Crippen LogP contribution in [0.1, 0.15) is 39.0 Å². The summed E-state index contributed by atoms with van der Waals surface area (Å²) in [7, 11) is 0. The van der Waals surface area contributed by atoms with Crippen LogP contribution < -0.4 is 0 Å². The first kappa shape index (κ1) is 11.5. The summed E-state index contributed by atoms with van der Waals surface area (Å²) in [5, 5.41) is 9.64. The van der Waals surface area contributed by atoms with Crippen molar-refractivity contribution in [1.29, 1.82) is 0 Å². The predicted octanol–water partition coefficient (Wildman–Crippen LogP) is 1.69. The van der Waals surface area contributed by atoms with Gasteiger partial charge in [-0.15, -0.1) is 0 Å². The van der Waals surface area contributed by atoms with E-state index >= 15 is 0 Å². The van der Waals surface area contributed by atoms with Crippen LogP contribution in [0.25, 0.3) is 0 Å². The molecule has 1 aliphatic rings. The normalized spacial score (nSPS) is 32.6. The topological polar surface area (TPSA) is 46.5 Å². The molecular weight excluding hydrogens is 180 g/mol. The third kappa shape index (κ3) is 3.29. The molecule has 1 fully saturated rings. The Morgan fingerprint density at radius 3 is 2.86 bits per heavy atom. The number of carbonyl (C=O) groups is 1. The van der Waals surface area contributed by atoms with Gasteiger partial charge in [-0.25, -0.2) is 0 Å². The molecule has 1 rings (SSSR count). The number of aliphatic hydroxyl groups is 1. The van der Waals surface area contributed by atoms with Gasteiger partial charge in [-0.3, -0.25) is 4.79 Å². The van der Waals surface area contributed by atoms with Gasteiger partial charge in [-0.1, -0.05) is 13.8 Å². The molecule has 3 atom stereocenters. The highest BCUT2D eigenvalue weighted by Crippen LogP contribution is 2.26. The number of rotatable bonds is 3. The Labute approximate surface area is 85.5 Å². The quantitative estimate of drug-likeness (QED) is 0.704. The van der Waals surface area contributed by atoms with Crippen LogP contribution in [0.3, 0.4) is 0 Å². The first-order chi connectivity index (χ1) is 6.63. The van der Waals surface area contributed by atoms with E-state index in [1.54, 1.807) is 0 Å². The average Bonchev–Trinajstić information content (AvgIpc) is 2.10. The summed E-state index contributed by atoms with van der Waals surface area (Å²) in [4.78, 5) is 11.2. The lowest BCUT2D eigenvalue weighted by molar-refractivity contribution is -0.158. The van der Waals surface area contributed by atoms with E-state index in [-0.39, 0.29) is 12.1 Å². The fourth-order valence-electron chi connectivity index (χ4n) is 1.77. The maximum absolute atomic E-state index is 11.2. The van der Waals surface area contributed by atoms with E-state index in [1.807, 2.05) is 6.92 Å². The van der Waals surface area contributed by atoms with E-state index in [0.29, 0.717) is 18.8 Å². The van der Waals surface area contributed by atoms with Gasteiger partial charge in [0, 0.05) is 6.42 Å². The van der Waals surface area contributed by atoms with Crippen molar-refractivity contribution in [3.63, 3.8) is 0 Å². The highest BCUT2D eigenvalue weighted by Gasteiger charge is 2.29. The zero-order valence-corrected chi connectivity index (χ0v) is 8.74. The smallest absolute Gasteiger partial charge is 0.306 e. The summed E-state index contributed by atoms with van der Waals surface area (Å²) in [5.41, 5.74) is 0. The van der Waals surface area contributed by atoms with Crippen LogP contribution in [0.2, 0.25) is 0 Å². The largest absolute Gasteiger partial charge is 0.460 e. The molecule has 81 valence electrons. The van der Waals surface area contributed by atoms with E-state index in [1.165, 1.54) is 0 Å². The number of carbonyl (C=O) groups excluding carboxylic acids is 1. The Balaban J connectivity index is 2.33. The fourth-order valence-corrected chi connectivity index (χ4v) is 1.77. The number of ether oxygens (including phenoxy) is 1. The summed E-state index contributed by atoms with van der Waals surface area (Å²) in [6, 6.07) is 0. The summed E-state index contributed by atoms with van der Waals surface area (Å²) >= 11 is 0. The van der Waals surface area contributed by atoms with Gasteiger partial charge in [0.1, 0.15) is 6.10 Å². The van der Waals surface area contributed by atoms with Gasteiger partial charge in [0.15, 0.2) is 0 Å². The van der Waals surface area contributed by atoms with Crippen molar-refractivity contribution in [3.8, 4) is 0 Å². The van der Waals surface area contributed by atoms with E-state index in [2.05, 4.69) is 6.92 Å². The van der Waals surface area contributed by atoms with Crippen molar-refractivity contribution in [2.45, 2.75) is 51.2 Å². The Hall–Kier alpha value is -0.570. The molecule has 3 unspecified atom stereocenters. The lowest BCUT2D eigenvalue weighted by Gasteiger charge is -2.30. The first-order valence-corrected chi connectivity index (χ1v) is 5.34. The summed E-state index contributed by atoms with van der Waals surface area (Å²) < 4.78 is 5.18.